The summed E-state index contributed by atoms with van der Waals surface area (Å²) in [4.78, 5) is 20.1. The third-order valence-corrected chi connectivity index (χ3v) is 3.18. The van der Waals surface area contributed by atoms with Crippen LogP contribution in [0.15, 0.2) is 31.0 Å². The molecule has 0 aliphatic rings. The number of hydrazine groups is 1. The van der Waals surface area contributed by atoms with Crippen molar-refractivity contribution >= 4 is 17.1 Å². The van der Waals surface area contributed by atoms with Gasteiger partial charge in [0.05, 0.1) is 30.9 Å². The van der Waals surface area contributed by atoms with Gasteiger partial charge in [-0.3, -0.25) is 14.7 Å². The van der Waals surface area contributed by atoms with E-state index < -0.39 is 6.03 Å². The van der Waals surface area contributed by atoms with Gasteiger partial charge in [-0.05, 0) is 6.07 Å². The number of aryl methyl sites for hydroxylation is 1. The van der Waals surface area contributed by atoms with Gasteiger partial charge in [0.2, 0.25) is 0 Å². The Morgan fingerprint density at radius 2 is 2.32 bits per heavy atom. The predicted octanol–water partition coefficient (Wildman–Crippen LogP) is 0.640. The van der Waals surface area contributed by atoms with E-state index in [0.717, 1.165) is 5.56 Å². The second-order valence-electron chi connectivity index (χ2n) is 4.49. The molecule has 0 saturated heterocycles. The molecule has 0 unspecified atom stereocenters. The van der Waals surface area contributed by atoms with Gasteiger partial charge in [-0.15, -0.1) is 0 Å². The van der Waals surface area contributed by atoms with Crippen LogP contribution >= 0.6 is 0 Å². The number of hydrogen-bond acceptors (Lipinski definition) is 6. The highest BCUT2D eigenvalue weighted by Gasteiger charge is 2.14. The maximum absolute atomic E-state index is 11.7. The fourth-order valence-electron chi connectivity index (χ4n) is 2.19. The molecule has 9 nitrogen and oxygen atoms in total. The van der Waals surface area contributed by atoms with Gasteiger partial charge in [0.15, 0.2) is 5.65 Å². The van der Waals surface area contributed by atoms with Crippen molar-refractivity contribution in [3.05, 3.63) is 31.0 Å². The number of nitrogens with zero attached hydrogens (tertiary/aromatic N) is 6. The molecule has 0 fully saturated rings. The van der Waals surface area contributed by atoms with Crippen LogP contribution in [0, 0.1) is 11.3 Å². The molecule has 0 atom stereocenters. The molecule has 3 aromatic rings. The van der Waals surface area contributed by atoms with Crippen molar-refractivity contribution in [2.75, 3.05) is 0 Å². The molecule has 3 heterocycles. The number of nitrogens with one attached hydrogen (secondary N) is 1. The number of hydrogen-bond donors (Lipinski definition) is 2. The van der Waals surface area contributed by atoms with E-state index in [-0.39, 0.29) is 0 Å². The van der Waals surface area contributed by atoms with Crippen molar-refractivity contribution in [2.24, 2.45) is 5.84 Å². The fourth-order valence-corrected chi connectivity index (χ4v) is 2.19. The average Bonchev–Trinajstić information content (AvgIpc) is 3.18. The third kappa shape index (κ3) is 2.27. The van der Waals surface area contributed by atoms with Gasteiger partial charge in [-0.25, -0.2) is 20.6 Å². The van der Waals surface area contributed by atoms with Gasteiger partial charge in [-0.2, -0.15) is 10.4 Å². The zero-order chi connectivity index (χ0) is 15.5. The topological polar surface area (TPSA) is 127 Å². The molecule has 1 amide bonds. The number of carbonyl (C=O) groups excluding carboxylic acids is 1. The highest BCUT2D eigenvalue weighted by Crippen LogP contribution is 2.25. The van der Waals surface area contributed by atoms with Crippen LogP contribution in [-0.4, -0.2) is 30.3 Å². The van der Waals surface area contributed by atoms with Crippen molar-refractivity contribution < 1.29 is 4.79 Å². The lowest BCUT2D eigenvalue weighted by molar-refractivity contribution is 0.243. The van der Waals surface area contributed by atoms with Crippen LogP contribution in [-0.2, 0) is 6.54 Å². The van der Waals surface area contributed by atoms with E-state index in [0.29, 0.717) is 29.7 Å². The number of rotatable bonds is 3. The molecule has 3 rings (SSSR count). The van der Waals surface area contributed by atoms with Crippen molar-refractivity contribution in [1.82, 2.24) is 29.7 Å². The summed E-state index contributed by atoms with van der Waals surface area (Å²) < 4.78 is 2.98. The summed E-state index contributed by atoms with van der Waals surface area (Å²) >= 11 is 0. The lowest BCUT2D eigenvalue weighted by Crippen LogP contribution is -2.33. The fraction of sp³-hybridized carbons (Fsp3) is 0.154. The van der Waals surface area contributed by atoms with E-state index in [1.165, 1.54) is 10.9 Å². The average molecular weight is 296 g/mol. The van der Waals surface area contributed by atoms with Crippen molar-refractivity contribution in [3.63, 3.8) is 0 Å². The van der Waals surface area contributed by atoms with E-state index in [1.54, 1.807) is 29.3 Å². The van der Waals surface area contributed by atoms with Crippen LogP contribution in [0.2, 0.25) is 0 Å². The number of amides is 1. The molecule has 0 spiro atoms. The zero-order valence-electron chi connectivity index (χ0n) is 11.5. The van der Waals surface area contributed by atoms with Crippen LogP contribution in [0.4, 0.5) is 4.79 Å². The zero-order valence-corrected chi connectivity index (χ0v) is 11.5. The molecule has 3 aromatic heterocycles. The molecule has 0 bridgehead atoms. The van der Waals surface area contributed by atoms with Gasteiger partial charge in [0, 0.05) is 23.3 Å². The van der Waals surface area contributed by atoms with Gasteiger partial charge in [-0.1, -0.05) is 0 Å². The Balaban J connectivity index is 2.04. The lowest BCUT2D eigenvalue weighted by atomic mass is 10.2. The Morgan fingerprint density at radius 3 is 3.09 bits per heavy atom. The summed E-state index contributed by atoms with van der Waals surface area (Å²) in [6.45, 7) is 0.515. The largest absolute Gasteiger partial charge is 0.341 e. The first-order chi connectivity index (χ1) is 10.7. The predicted molar refractivity (Wildman–Crippen MR) is 77.1 cm³/mol. The summed E-state index contributed by atoms with van der Waals surface area (Å²) in [7, 11) is 0. The molecule has 0 radical (unpaired) electrons. The Bertz CT molecular complexity index is 872. The smallest absolute Gasteiger partial charge is 0.275 e. The minimum absolute atomic E-state index is 0.382. The maximum Gasteiger partial charge on any atom is 0.341 e. The van der Waals surface area contributed by atoms with Crippen molar-refractivity contribution in [1.29, 1.82) is 5.26 Å². The quantitative estimate of drug-likeness (QED) is 0.414. The molecule has 0 aliphatic heterocycles. The monoisotopic (exact) mass is 296 g/mol. The molecule has 3 N–H and O–H groups in total. The molecule has 22 heavy (non-hydrogen) atoms. The molecule has 0 aromatic carbocycles. The van der Waals surface area contributed by atoms with E-state index in [9.17, 15) is 4.79 Å². The summed E-state index contributed by atoms with van der Waals surface area (Å²) in [6.07, 6.45) is 6.81. The Hall–Kier alpha value is -3.25. The molecule has 9 heteroatoms. The number of fused-ring (bicyclic) bond motifs is 1. The van der Waals surface area contributed by atoms with Crippen LogP contribution in [0.25, 0.3) is 22.3 Å². The van der Waals surface area contributed by atoms with E-state index >= 15 is 0 Å². The molecular formula is C13H12N8O. The van der Waals surface area contributed by atoms with Gasteiger partial charge < -0.3 is 0 Å². The van der Waals surface area contributed by atoms with Crippen LogP contribution < -0.4 is 11.3 Å². The van der Waals surface area contributed by atoms with Gasteiger partial charge >= 0.3 is 6.03 Å². The first-order valence-electron chi connectivity index (χ1n) is 6.47. The SMILES string of the molecule is N#CCCn1cc(-c2ncnc3c2ccn3C(=O)NN)cn1. The molecule has 110 valence electrons. The maximum atomic E-state index is 11.7. The number of nitriles is 1. The van der Waals surface area contributed by atoms with E-state index in [1.807, 2.05) is 0 Å². The number of nitrogens with two attached hydrogens (primary N) is 1. The van der Waals surface area contributed by atoms with Crippen molar-refractivity contribution in [3.8, 4) is 17.3 Å². The normalized spacial score (nSPS) is 10.5. The van der Waals surface area contributed by atoms with Crippen LogP contribution in [0.3, 0.4) is 0 Å². The second-order valence-corrected chi connectivity index (χ2v) is 4.49. The minimum Gasteiger partial charge on any atom is -0.275 e. The summed E-state index contributed by atoms with van der Waals surface area (Å²) in [5.41, 5.74) is 3.97. The van der Waals surface area contributed by atoms with Crippen LogP contribution in [0.1, 0.15) is 6.42 Å². The molecule has 0 aliphatic carbocycles. The highest BCUT2D eigenvalue weighted by molar-refractivity contribution is 5.96. The summed E-state index contributed by atoms with van der Waals surface area (Å²) in [6, 6.07) is 3.33. The second kappa shape index (κ2) is 5.63. The number of carbonyl (C=O) groups is 1. The standard InChI is InChI=1S/C13H12N8O/c14-3-1-4-20-7-9(6-18-20)11-10-2-5-21(13(22)19-15)12(10)17-8-16-11/h2,5-8H,1,4,15H2,(H,19,22). The van der Waals surface area contributed by atoms with Gasteiger partial charge in [0.25, 0.3) is 0 Å². The van der Waals surface area contributed by atoms with Crippen molar-refractivity contribution in [2.45, 2.75) is 13.0 Å². The summed E-state index contributed by atoms with van der Waals surface area (Å²) in [5.74, 6) is 5.15. The molecule has 0 saturated carbocycles. The first-order valence-corrected chi connectivity index (χ1v) is 6.47. The summed E-state index contributed by atoms with van der Waals surface area (Å²) in [5, 5.41) is 13.5. The van der Waals surface area contributed by atoms with E-state index in [4.69, 9.17) is 11.1 Å². The Morgan fingerprint density at radius 1 is 1.45 bits per heavy atom. The highest BCUT2D eigenvalue weighted by atomic mass is 16.2. The van der Waals surface area contributed by atoms with Crippen LogP contribution in [0.5, 0.6) is 0 Å². The van der Waals surface area contributed by atoms with Gasteiger partial charge in [0.1, 0.15) is 6.33 Å². The minimum atomic E-state index is -0.482. The first kappa shape index (κ1) is 13.7. The Kier molecular flexibility index (Phi) is 3.51. The van der Waals surface area contributed by atoms with E-state index in [2.05, 4.69) is 26.6 Å². The Labute approximate surface area is 125 Å². The lowest BCUT2D eigenvalue weighted by Gasteiger charge is -2.02. The number of nitrogen functional groups attached to an aromatic ring is 1. The molecular weight excluding hydrogens is 284 g/mol. The third-order valence-electron chi connectivity index (χ3n) is 3.18. The number of aromatic nitrogens is 5.